The van der Waals surface area contributed by atoms with Crippen LogP contribution in [0.1, 0.15) is 59.7 Å². The van der Waals surface area contributed by atoms with Gasteiger partial charge in [0.25, 0.3) is 5.91 Å². The minimum absolute atomic E-state index is 0.0514. The normalized spacial score (nSPS) is 19.0. The van der Waals surface area contributed by atoms with E-state index in [2.05, 4.69) is 15.4 Å². The lowest BCUT2D eigenvalue weighted by Crippen LogP contribution is -2.39. The Morgan fingerprint density at radius 1 is 1.52 bits per heavy atom. The van der Waals surface area contributed by atoms with Crippen LogP contribution in [-0.4, -0.2) is 32.7 Å². The van der Waals surface area contributed by atoms with E-state index in [9.17, 15) is 4.79 Å². The highest BCUT2D eigenvalue weighted by Crippen LogP contribution is 2.32. The zero-order chi connectivity index (χ0) is 14.8. The Labute approximate surface area is 123 Å². The molecule has 1 N–H and O–H groups in total. The van der Waals surface area contributed by atoms with Crippen molar-refractivity contribution in [2.45, 2.75) is 45.6 Å². The summed E-state index contributed by atoms with van der Waals surface area (Å²) in [5, 5.41) is 11.0. The molecule has 0 aromatic carbocycles. The molecule has 0 bridgehead atoms. The van der Waals surface area contributed by atoms with E-state index in [1.54, 1.807) is 12.3 Å². The van der Waals surface area contributed by atoms with Crippen molar-refractivity contribution < 1.29 is 9.32 Å². The van der Waals surface area contributed by atoms with Crippen LogP contribution in [0.4, 0.5) is 0 Å². The van der Waals surface area contributed by atoms with E-state index in [4.69, 9.17) is 4.52 Å². The third-order valence-corrected chi connectivity index (χ3v) is 4.09. The standard InChI is InChI=1S/C15H20N4O2/c1-3-11-8-12(18-21-11)15(20)19-7-5-4-6-13(19)14-10(2)9-16-17-14/h8-9,13H,3-7H2,1-2H3,(H,16,17)/t13-/m0/s1. The van der Waals surface area contributed by atoms with Crippen LogP contribution in [0.5, 0.6) is 0 Å². The highest BCUT2D eigenvalue weighted by Gasteiger charge is 2.32. The summed E-state index contributed by atoms with van der Waals surface area (Å²) >= 11 is 0. The van der Waals surface area contributed by atoms with E-state index in [0.29, 0.717) is 5.69 Å². The molecule has 1 saturated heterocycles. The van der Waals surface area contributed by atoms with Gasteiger partial charge in [-0.1, -0.05) is 12.1 Å². The molecule has 2 aromatic heterocycles. The van der Waals surface area contributed by atoms with Gasteiger partial charge in [0.2, 0.25) is 0 Å². The van der Waals surface area contributed by atoms with Crippen molar-refractivity contribution in [2.75, 3.05) is 6.54 Å². The van der Waals surface area contributed by atoms with E-state index in [1.807, 2.05) is 18.7 Å². The van der Waals surface area contributed by atoms with Crippen LogP contribution in [0.2, 0.25) is 0 Å². The Kier molecular flexibility index (Phi) is 3.77. The van der Waals surface area contributed by atoms with E-state index < -0.39 is 0 Å². The summed E-state index contributed by atoms with van der Waals surface area (Å²) in [6.07, 6.45) is 5.63. The fourth-order valence-corrected chi connectivity index (χ4v) is 2.90. The minimum Gasteiger partial charge on any atom is -0.361 e. The maximum atomic E-state index is 12.7. The molecule has 3 rings (SSSR count). The first-order valence-corrected chi connectivity index (χ1v) is 7.47. The van der Waals surface area contributed by atoms with E-state index in [-0.39, 0.29) is 11.9 Å². The molecule has 0 radical (unpaired) electrons. The van der Waals surface area contributed by atoms with E-state index in [1.165, 1.54) is 0 Å². The van der Waals surface area contributed by atoms with Gasteiger partial charge in [0.05, 0.1) is 17.9 Å². The van der Waals surface area contributed by atoms with E-state index in [0.717, 1.165) is 49.2 Å². The van der Waals surface area contributed by atoms with Gasteiger partial charge in [0.15, 0.2) is 5.69 Å². The van der Waals surface area contributed by atoms with Crippen LogP contribution >= 0.6 is 0 Å². The second-order valence-electron chi connectivity index (χ2n) is 5.51. The van der Waals surface area contributed by atoms with Crippen molar-refractivity contribution in [3.05, 3.63) is 35.0 Å². The molecule has 6 heteroatoms. The van der Waals surface area contributed by atoms with Crippen LogP contribution in [0, 0.1) is 6.92 Å². The number of hydrogen-bond donors (Lipinski definition) is 1. The van der Waals surface area contributed by atoms with E-state index >= 15 is 0 Å². The van der Waals surface area contributed by atoms with Gasteiger partial charge in [0.1, 0.15) is 5.76 Å². The third kappa shape index (κ3) is 2.57. The monoisotopic (exact) mass is 288 g/mol. The highest BCUT2D eigenvalue weighted by molar-refractivity contribution is 5.92. The number of aromatic amines is 1. The van der Waals surface area contributed by atoms with Crippen molar-refractivity contribution in [3.63, 3.8) is 0 Å². The first-order valence-electron chi connectivity index (χ1n) is 7.47. The molecule has 21 heavy (non-hydrogen) atoms. The van der Waals surface area contributed by atoms with Crippen LogP contribution in [-0.2, 0) is 6.42 Å². The predicted molar refractivity (Wildman–Crippen MR) is 76.8 cm³/mol. The fraction of sp³-hybridized carbons (Fsp3) is 0.533. The smallest absolute Gasteiger partial charge is 0.276 e. The van der Waals surface area contributed by atoms with Crippen LogP contribution in [0.25, 0.3) is 0 Å². The molecule has 0 spiro atoms. The van der Waals surface area contributed by atoms with Crippen molar-refractivity contribution in [3.8, 4) is 0 Å². The molecule has 3 heterocycles. The topological polar surface area (TPSA) is 75.0 Å². The number of amides is 1. The van der Waals surface area contributed by atoms with Crippen LogP contribution in [0.15, 0.2) is 16.8 Å². The van der Waals surface area contributed by atoms with Gasteiger partial charge in [0, 0.05) is 19.0 Å². The molecule has 1 atom stereocenters. The second kappa shape index (κ2) is 5.71. The third-order valence-electron chi connectivity index (χ3n) is 4.09. The number of aromatic nitrogens is 3. The number of carbonyl (C=O) groups is 1. The molecule has 1 aliphatic rings. The quantitative estimate of drug-likeness (QED) is 0.942. The molecule has 2 aromatic rings. The summed E-state index contributed by atoms with van der Waals surface area (Å²) in [4.78, 5) is 14.6. The zero-order valence-corrected chi connectivity index (χ0v) is 12.4. The Hall–Kier alpha value is -2.11. The van der Waals surface area contributed by atoms with Gasteiger partial charge in [-0.3, -0.25) is 9.89 Å². The maximum absolute atomic E-state index is 12.7. The molecule has 1 fully saturated rings. The van der Waals surface area contributed by atoms with Gasteiger partial charge in [-0.25, -0.2) is 0 Å². The first-order chi connectivity index (χ1) is 10.2. The molecular formula is C15H20N4O2. The Bertz CT molecular complexity index is 631. The lowest BCUT2D eigenvalue weighted by atomic mass is 9.97. The lowest BCUT2D eigenvalue weighted by Gasteiger charge is -2.35. The Balaban J connectivity index is 1.87. The average Bonchev–Trinajstić information content (AvgIpc) is 3.15. The average molecular weight is 288 g/mol. The van der Waals surface area contributed by atoms with Crippen LogP contribution < -0.4 is 0 Å². The number of aryl methyl sites for hydroxylation is 2. The molecule has 1 amide bonds. The van der Waals surface area contributed by atoms with Gasteiger partial charge in [-0.15, -0.1) is 0 Å². The summed E-state index contributed by atoms with van der Waals surface area (Å²) in [7, 11) is 0. The lowest BCUT2D eigenvalue weighted by molar-refractivity contribution is 0.0594. The summed E-state index contributed by atoms with van der Waals surface area (Å²) < 4.78 is 5.16. The number of piperidine rings is 1. The van der Waals surface area contributed by atoms with Crippen molar-refractivity contribution in [1.29, 1.82) is 0 Å². The molecule has 0 aliphatic carbocycles. The Morgan fingerprint density at radius 2 is 2.38 bits per heavy atom. The SMILES string of the molecule is CCc1cc(C(=O)N2CCCC[C@H]2c2[nH]ncc2C)no1. The first kappa shape index (κ1) is 13.9. The number of H-pyrrole nitrogens is 1. The number of hydrogen-bond acceptors (Lipinski definition) is 4. The van der Waals surface area contributed by atoms with Gasteiger partial charge >= 0.3 is 0 Å². The summed E-state index contributed by atoms with van der Waals surface area (Å²) in [6.45, 7) is 4.74. The van der Waals surface area contributed by atoms with Crippen LogP contribution in [0.3, 0.4) is 0 Å². The second-order valence-corrected chi connectivity index (χ2v) is 5.51. The molecule has 6 nitrogen and oxygen atoms in total. The molecular weight excluding hydrogens is 268 g/mol. The van der Waals surface area contributed by atoms with Crippen molar-refractivity contribution in [1.82, 2.24) is 20.3 Å². The fourth-order valence-electron chi connectivity index (χ4n) is 2.90. The maximum Gasteiger partial charge on any atom is 0.276 e. The van der Waals surface area contributed by atoms with Gasteiger partial charge in [-0.2, -0.15) is 5.10 Å². The summed E-state index contributed by atoms with van der Waals surface area (Å²) in [6, 6.07) is 1.80. The number of nitrogens with one attached hydrogen (secondary N) is 1. The molecule has 1 aliphatic heterocycles. The van der Waals surface area contributed by atoms with Crippen molar-refractivity contribution in [2.24, 2.45) is 0 Å². The summed E-state index contributed by atoms with van der Waals surface area (Å²) in [5.41, 5.74) is 2.52. The zero-order valence-electron chi connectivity index (χ0n) is 12.4. The summed E-state index contributed by atoms with van der Waals surface area (Å²) in [5.74, 6) is 0.682. The molecule has 112 valence electrons. The predicted octanol–water partition coefficient (Wildman–Crippen LogP) is 2.64. The number of nitrogens with zero attached hydrogens (tertiary/aromatic N) is 3. The largest absolute Gasteiger partial charge is 0.361 e. The molecule has 0 saturated carbocycles. The molecule has 0 unspecified atom stereocenters. The van der Waals surface area contributed by atoms with Crippen molar-refractivity contribution >= 4 is 5.91 Å². The number of likely N-dealkylation sites (tertiary alicyclic amines) is 1. The minimum atomic E-state index is -0.0582. The Morgan fingerprint density at radius 3 is 3.05 bits per heavy atom. The number of carbonyl (C=O) groups excluding carboxylic acids is 1. The van der Waals surface area contributed by atoms with Gasteiger partial charge < -0.3 is 9.42 Å². The highest BCUT2D eigenvalue weighted by atomic mass is 16.5. The number of rotatable bonds is 3. The van der Waals surface area contributed by atoms with Gasteiger partial charge in [-0.05, 0) is 31.7 Å².